The molecule has 0 heterocycles. The zero-order valence-electron chi connectivity index (χ0n) is 14.6. The fourth-order valence-corrected chi connectivity index (χ4v) is 2.96. The van der Waals surface area contributed by atoms with Gasteiger partial charge in [-0.25, -0.2) is 0 Å². The Bertz CT molecular complexity index is 914. The van der Waals surface area contributed by atoms with Crippen LogP contribution < -0.4 is 10.6 Å². The van der Waals surface area contributed by atoms with Gasteiger partial charge < -0.3 is 10.6 Å². The highest BCUT2D eigenvalue weighted by Crippen LogP contribution is 2.21. The number of anilines is 1. The van der Waals surface area contributed by atoms with Gasteiger partial charge in [0.2, 0.25) is 5.91 Å². The second kappa shape index (κ2) is 9.01. The maximum absolute atomic E-state index is 12.7. The largest absolute Gasteiger partial charge is 0.345 e. The third kappa shape index (κ3) is 5.19. The van der Waals surface area contributed by atoms with Gasteiger partial charge in [-0.2, -0.15) is 0 Å². The molecule has 4 nitrogen and oxygen atoms in total. The summed E-state index contributed by atoms with van der Waals surface area (Å²) in [6, 6.07) is 25.0. The van der Waals surface area contributed by atoms with E-state index in [1.165, 1.54) is 0 Å². The summed E-state index contributed by atoms with van der Waals surface area (Å²) in [5.41, 5.74) is 1.94. The SMILES string of the molecule is O=C(CC(NC(=O)c1ccccc1Cl)c1ccccc1)Nc1ccccc1. The number of carbonyl (C=O) groups excluding carboxylic acids is 2. The van der Waals surface area contributed by atoms with Gasteiger partial charge in [-0.05, 0) is 29.8 Å². The van der Waals surface area contributed by atoms with Gasteiger partial charge in [0, 0.05) is 5.69 Å². The van der Waals surface area contributed by atoms with Crippen molar-refractivity contribution in [3.05, 3.63) is 101 Å². The summed E-state index contributed by atoms with van der Waals surface area (Å²) >= 11 is 6.12. The number of rotatable bonds is 6. The van der Waals surface area contributed by atoms with E-state index in [2.05, 4.69) is 10.6 Å². The van der Waals surface area contributed by atoms with Crippen LogP contribution in [0, 0.1) is 0 Å². The van der Waals surface area contributed by atoms with Gasteiger partial charge >= 0.3 is 0 Å². The lowest BCUT2D eigenvalue weighted by Crippen LogP contribution is -2.31. The quantitative estimate of drug-likeness (QED) is 0.644. The molecule has 5 heteroatoms. The van der Waals surface area contributed by atoms with Crippen molar-refractivity contribution in [3.63, 3.8) is 0 Å². The molecule has 0 fully saturated rings. The van der Waals surface area contributed by atoms with E-state index in [0.29, 0.717) is 16.3 Å². The summed E-state index contributed by atoms with van der Waals surface area (Å²) in [7, 11) is 0. The summed E-state index contributed by atoms with van der Waals surface area (Å²) in [5, 5.41) is 6.14. The number of nitrogens with one attached hydrogen (secondary N) is 2. The first kappa shape index (κ1) is 18.7. The second-order valence-electron chi connectivity index (χ2n) is 6.03. The molecular weight excluding hydrogens is 360 g/mol. The number of hydrogen-bond donors (Lipinski definition) is 2. The summed E-state index contributed by atoms with van der Waals surface area (Å²) in [4.78, 5) is 25.2. The molecule has 0 saturated heterocycles. The second-order valence-corrected chi connectivity index (χ2v) is 6.44. The van der Waals surface area contributed by atoms with Crippen LogP contribution in [0.5, 0.6) is 0 Å². The highest BCUT2D eigenvalue weighted by molar-refractivity contribution is 6.33. The van der Waals surface area contributed by atoms with Gasteiger partial charge in [0.25, 0.3) is 5.91 Å². The smallest absolute Gasteiger partial charge is 0.253 e. The average Bonchev–Trinajstić information content (AvgIpc) is 2.69. The fourth-order valence-electron chi connectivity index (χ4n) is 2.74. The van der Waals surface area contributed by atoms with Crippen LogP contribution in [0.2, 0.25) is 5.02 Å². The van der Waals surface area contributed by atoms with Crippen molar-refractivity contribution in [2.45, 2.75) is 12.5 Å². The predicted octanol–water partition coefficient (Wildman–Crippen LogP) is 4.84. The summed E-state index contributed by atoms with van der Waals surface area (Å²) in [6.45, 7) is 0. The molecule has 0 aliphatic heterocycles. The van der Waals surface area contributed by atoms with E-state index in [4.69, 9.17) is 11.6 Å². The minimum atomic E-state index is -0.473. The van der Waals surface area contributed by atoms with Crippen molar-refractivity contribution in [3.8, 4) is 0 Å². The van der Waals surface area contributed by atoms with Gasteiger partial charge in [-0.1, -0.05) is 72.3 Å². The Balaban J connectivity index is 1.76. The Morgan fingerprint density at radius 3 is 2.07 bits per heavy atom. The monoisotopic (exact) mass is 378 g/mol. The topological polar surface area (TPSA) is 58.2 Å². The van der Waals surface area contributed by atoms with E-state index < -0.39 is 6.04 Å². The minimum Gasteiger partial charge on any atom is -0.345 e. The molecule has 0 spiro atoms. The summed E-state index contributed by atoms with van der Waals surface area (Å²) in [6.07, 6.45) is 0.106. The lowest BCUT2D eigenvalue weighted by molar-refractivity contribution is -0.116. The Morgan fingerprint density at radius 2 is 1.41 bits per heavy atom. The minimum absolute atomic E-state index is 0.106. The average molecular weight is 379 g/mol. The summed E-state index contributed by atoms with van der Waals surface area (Å²) < 4.78 is 0. The zero-order chi connectivity index (χ0) is 19.1. The molecule has 0 aliphatic rings. The molecule has 3 aromatic carbocycles. The Hall–Kier alpha value is -3.11. The Kier molecular flexibility index (Phi) is 6.23. The van der Waals surface area contributed by atoms with Gasteiger partial charge in [0.05, 0.1) is 23.0 Å². The fraction of sp³-hybridized carbons (Fsp3) is 0.0909. The molecule has 2 amide bonds. The van der Waals surface area contributed by atoms with Crippen LogP contribution in [0.1, 0.15) is 28.4 Å². The van der Waals surface area contributed by atoms with Crippen LogP contribution in [0.15, 0.2) is 84.9 Å². The van der Waals surface area contributed by atoms with E-state index in [1.54, 1.807) is 24.3 Å². The first-order valence-electron chi connectivity index (χ1n) is 8.59. The van der Waals surface area contributed by atoms with Crippen LogP contribution in [0.25, 0.3) is 0 Å². The number of hydrogen-bond acceptors (Lipinski definition) is 2. The van der Waals surface area contributed by atoms with Gasteiger partial charge in [-0.3, -0.25) is 9.59 Å². The molecule has 0 radical (unpaired) electrons. The van der Waals surface area contributed by atoms with Gasteiger partial charge in [0.15, 0.2) is 0 Å². The molecule has 0 saturated carbocycles. The number of halogens is 1. The third-order valence-corrected chi connectivity index (χ3v) is 4.40. The van der Waals surface area contributed by atoms with E-state index in [0.717, 1.165) is 5.56 Å². The zero-order valence-corrected chi connectivity index (χ0v) is 15.3. The standard InChI is InChI=1S/C22H19ClN2O2/c23-19-14-8-7-13-18(19)22(27)25-20(16-9-3-1-4-10-16)15-21(26)24-17-11-5-2-6-12-17/h1-14,20H,15H2,(H,24,26)(H,25,27). The van der Waals surface area contributed by atoms with Crippen molar-refractivity contribution in [1.82, 2.24) is 5.32 Å². The molecular formula is C22H19ClN2O2. The van der Waals surface area contributed by atoms with Crippen LogP contribution in [0.4, 0.5) is 5.69 Å². The van der Waals surface area contributed by atoms with Crippen LogP contribution in [-0.4, -0.2) is 11.8 Å². The highest BCUT2D eigenvalue weighted by atomic mass is 35.5. The molecule has 2 N–H and O–H groups in total. The van der Waals surface area contributed by atoms with E-state index in [1.807, 2.05) is 60.7 Å². The van der Waals surface area contributed by atoms with Crippen LogP contribution in [-0.2, 0) is 4.79 Å². The number of amides is 2. The van der Waals surface area contributed by atoms with Crippen molar-refractivity contribution in [2.24, 2.45) is 0 Å². The lowest BCUT2D eigenvalue weighted by Gasteiger charge is -2.19. The van der Waals surface area contributed by atoms with E-state index in [9.17, 15) is 9.59 Å². The molecule has 0 bridgehead atoms. The normalized spacial score (nSPS) is 11.4. The van der Waals surface area contributed by atoms with Crippen molar-refractivity contribution < 1.29 is 9.59 Å². The van der Waals surface area contributed by atoms with Crippen LogP contribution >= 0.6 is 11.6 Å². The van der Waals surface area contributed by atoms with Crippen LogP contribution in [0.3, 0.4) is 0 Å². The Labute approximate surface area is 163 Å². The first-order chi connectivity index (χ1) is 13.1. The third-order valence-electron chi connectivity index (χ3n) is 4.07. The predicted molar refractivity (Wildman–Crippen MR) is 108 cm³/mol. The molecule has 0 aliphatic carbocycles. The molecule has 136 valence electrons. The van der Waals surface area contributed by atoms with E-state index in [-0.39, 0.29) is 18.2 Å². The number of benzene rings is 3. The van der Waals surface area contributed by atoms with Crippen molar-refractivity contribution in [2.75, 3.05) is 5.32 Å². The van der Waals surface area contributed by atoms with Crippen molar-refractivity contribution in [1.29, 1.82) is 0 Å². The molecule has 3 rings (SSSR count). The maximum atomic E-state index is 12.7. The molecule has 3 aromatic rings. The Morgan fingerprint density at radius 1 is 0.815 bits per heavy atom. The highest BCUT2D eigenvalue weighted by Gasteiger charge is 2.20. The maximum Gasteiger partial charge on any atom is 0.253 e. The molecule has 27 heavy (non-hydrogen) atoms. The van der Waals surface area contributed by atoms with Crippen molar-refractivity contribution >= 4 is 29.1 Å². The molecule has 1 unspecified atom stereocenters. The molecule has 0 aromatic heterocycles. The number of carbonyl (C=O) groups is 2. The lowest BCUT2D eigenvalue weighted by atomic mass is 10.0. The molecule has 1 atom stereocenters. The summed E-state index contributed by atoms with van der Waals surface area (Å²) in [5.74, 6) is -0.503. The van der Waals surface area contributed by atoms with E-state index >= 15 is 0 Å². The number of para-hydroxylation sites is 1. The van der Waals surface area contributed by atoms with Gasteiger partial charge in [-0.15, -0.1) is 0 Å². The first-order valence-corrected chi connectivity index (χ1v) is 8.96. The van der Waals surface area contributed by atoms with Gasteiger partial charge in [0.1, 0.15) is 0 Å².